The van der Waals surface area contributed by atoms with Crippen molar-refractivity contribution in [1.82, 2.24) is 14.7 Å². The molecule has 2 aromatic rings. The predicted molar refractivity (Wildman–Crippen MR) is 130 cm³/mol. The Kier molecular flexibility index (Phi) is 6.95. The first-order valence-electron chi connectivity index (χ1n) is 12.7. The Bertz CT molecular complexity index is 1060. The molecule has 0 bridgehead atoms. The lowest BCUT2D eigenvalue weighted by molar-refractivity contribution is -0.140. The molecular formula is C28H32FN3O3. The van der Waals surface area contributed by atoms with E-state index in [1.807, 2.05) is 35.2 Å². The molecule has 5 rings (SSSR count). The van der Waals surface area contributed by atoms with E-state index >= 15 is 0 Å². The number of imide groups is 1. The summed E-state index contributed by atoms with van der Waals surface area (Å²) >= 11 is 0. The minimum absolute atomic E-state index is 0.0252. The fraction of sp³-hybridized carbons (Fsp3) is 0.464. The van der Waals surface area contributed by atoms with Crippen LogP contribution in [-0.2, 0) is 16.1 Å². The number of carbonyl (C=O) groups excluding carboxylic acids is 3. The summed E-state index contributed by atoms with van der Waals surface area (Å²) < 4.78 is 13.2. The zero-order chi connectivity index (χ0) is 24.4. The van der Waals surface area contributed by atoms with Crippen LogP contribution >= 0.6 is 0 Å². The second-order valence-corrected chi connectivity index (χ2v) is 10.0. The van der Waals surface area contributed by atoms with Crippen LogP contribution in [0.4, 0.5) is 4.39 Å². The number of piperidine rings is 2. The number of carbonyl (C=O) groups is 3. The Morgan fingerprint density at radius 1 is 0.829 bits per heavy atom. The van der Waals surface area contributed by atoms with Crippen LogP contribution in [-0.4, -0.2) is 64.6 Å². The molecule has 7 heteroatoms. The lowest BCUT2D eigenvalue weighted by Gasteiger charge is -2.41. The zero-order valence-electron chi connectivity index (χ0n) is 19.9. The van der Waals surface area contributed by atoms with Gasteiger partial charge in [0, 0.05) is 18.7 Å². The first kappa shape index (κ1) is 23.7. The maximum Gasteiger partial charge on any atom is 0.253 e. The third-order valence-corrected chi connectivity index (χ3v) is 8.00. The van der Waals surface area contributed by atoms with Gasteiger partial charge in [0.25, 0.3) is 5.91 Å². The van der Waals surface area contributed by atoms with Gasteiger partial charge in [-0.2, -0.15) is 0 Å². The summed E-state index contributed by atoms with van der Waals surface area (Å²) in [7, 11) is 0. The summed E-state index contributed by atoms with van der Waals surface area (Å²) in [5.41, 5.74) is 1.51. The minimum Gasteiger partial charge on any atom is -0.339 e. The van der Waals surface area contributed by atoms with Gasteiger partial charge in [-0.1, -0.05) is 30.3 Å². The van der Waals surface area contributed by atoms with Gasteiger partial charge in [0.05, 0.1) is 19.0 Å². The van der Waals surface area contributed by atoms with Gasteiger partial charge >= 0.3 is 0 Å². The highest BCUT2D eigenvalue weighted by Crippen LogP contribution is 2.34. The van der Waals surface area contributed by atoms with Crippen LogP contribution in [0.5, 0.6) is 0 Å². The third-order valence-electron chi connectivity index (χ3n) is 8.00. The molecule has 0 spiro atoms. The number of nitrogens with zero attached hydrogens (tertiary/aromatic N) is 3. The summed E-state index contributed by atoms with van der Waals surface area (Å²) in [4.78, 5) is 43.8. The standard InChI is InChI=1S/C28H32FN3O3/c29-24-8-6-23(7-9-24)27(34)31-16-12-22(13-17-31)21-10-14-30(15-11-21)25-18-26(33)32(28(25)35)19-20-4-2-1-3-5-20/h1-9,21-22,25H,10-19H2. The fourth-order valence-electron chi connectivity index (χ4n) is 5.93. The zero-order valence-corrected chi connectivity index (χ0v) is 19.9. The average molecular weight is 478 g/mol. The Hall–Kier alpha value is -3.06. The van der Waals surface area contributed by atoms with Crippen LogP contribution in [0.3, 0.4) is 0 Å². The van der Waals surface area contributed by atoms with E-state index in [-0.39, 0.29) is 36.0 Å². The third kappa shape index (κ3) is 5.15. The van der Waals surface area contributed by atoms with Crippen molar-refractivity contribution in [3.05, 3.63) is 71.5 Å². The highest BCUT2D eigenvalue weighted by molar-refractivity contribution is 6.05. The van der Waals surface area contributed by atoms with Crippen molar-refractivity contribution in [3.8, 4) is 0 Å². The van der Waals surface area contributed by atoms with Crippen molar-refractivity contribution in [1.29, 1.82) is 0 Å². The van der Waals surface area contributed by atoms with Crippen LogP contribution in [0.15, 0.2) is 54.6 Å². The minimum atomic E-state index is -0.334. The SMILES string of the molecule is O=C(c1ccc(F)cc1)N1CCC(C2CCN(C3CC(=O)N(Cc4ccccc4)C3=O)CC2)CC1. The van der Waals surface area contributed by atoms with Crippen molar-refractivity contribution in [2.45, 2.75) is 44.7 Å². The van der Waals surface area contributed by atoms with Gasteiger partial charge in [-0.3, -0.25) is 24.2 Å². The number of amides is 3. The van der Waals surface area contributed by atoms with Crippen molar-refractivity contribution in [2.24, 2.45) is 11.8 Å². The number of hydrogen-bond acceptors (Lipinski definition) is 4. The Labute approximate surface area is 205 Å². The van der Waals surface area contributed by atoms with Gasteiger partial charge in [0.2, 0.25) is 11.8 Å². The molecule has 3 aliphatic rings. The maximum atomic E-state index is 13.2. The Morgan fingerprint density at radius 2 is 1.43 bits per heavy atom. The van der Waals surface area contributed by atoms with E-state index in [1.165, 1.54) is 17.0 Å². The molecule has 1 atom stereocenters. The summed E-state index contributed by atoms with van der Waals surface area (Å²) in [5, 5.41) is 0. The molecule has 0 saturated carbocycles. The van der Waals surface area contributed by atoms with Gasteiger partial charge in [0.1, 0.15) is 5.82 Å². The van der Waals surface area contributed by atoms with E-state index in [1.54, 1.807) is 12.1 Å². The maximum absolute atomic E-state index is 13.2. The molecular weight excluding hydrogens is 445 g/mol. The first-order valence-corrected chi connectivity index (χ1v) is 12.7. The van der Waals surface area contributed by atoms with Crippen LogP contribution in [0.2, 0.25) is 0 Å². The van der Waals surface area contributed by atoms with E-state index in [0.29, 0.717) is 23.9 Å². The van der Waals surface area contributed by atoms with E-state index in [0.717, 1.165) is 57.4 Å². The lowest BCUT2D eigenvalue weighted by Crippen LogP contribution is -2.47. The summed E-state index contributed by atoms with van der Waals surface area (Å²) in [5.74, 6) is 0.655. The molecule has 3 fully saturated rings. The lowest BCUT2D eigenvalue weighted by atomic mass is 9.78. The van der Waals surface area contributed by atoms with Crippen LogP contribution in [0, 0.1) is 17.7 Å². The molecule has 35 heavy (non-hydrogen) atoms. The predicted octanol–water partition coefficient (Wildman–Crippen LogP) is 3.72. The molecule has 2 aromatic carbocycles. The van der Waals surface area contributed by atoms with E-state index in [4.69, 9.17) is 0 Å². The normalized spacial score (nSPS) is 22.7. The van der Waals surface area contributed by atoms with Crippen molar-refractivity contribution >= 4 is 17.7 Å². The molecule has 1 unspecified atom stereocenters. The monoisotopic (exact) mass is 477 g/mol. The van der Waals surface area contributed by atoms with Crippen molar-refractivity contribution in [3.63, 3.8) is 0 Å². The number of rotatable bonds is 5. The number of likely N-dealkylation sites (tertiary alicyclic amines) is 3. The topological polar surface area (TPSA) is 60.9 Å². The van der Waals surface area contributed by atoms with E-state index in [2.05, 4.69) is 4.90 Å². The number of benzene rings is 2. The van der Waals surface area contributed by atoms with Crippen LogP contribution < -0.4 is 0 Å². The summed E-state index contributed by atoms with van der Waals surface area (Å²) in [6, 6.07) is 15.1. The molecule has 6 nitrogen and oxygen atoms in total. The van der Waals surface area contributed by atoms with Crippen molar-refractivity contribution in [2.75, 3.05) is 26.2 Å². The van der Waals surface area contributed by atoms with E-state index < -0.39 is 0 Å². The molecule has 3 heterocycles. The summed E-state index contributed by atoms with van der Waals surface area (Å²) in [6.07, 6.45) is 4.27. The van der Waals surface area contributed by atoms with Gasteiger partial charge in [0.15, 0.2) is 0 Å². The molecule has 3 amide bonds. The molecule has 0 aliphatic carbocycles. The van der Waals surface area contributed by atoms with Crippen LogP contribution in [0.25, 0.3) is 0 Å². The van der Waals surface area contributed by atoms with E-state index in [9.17, 15) is 18.8 Å². The second kappa shape index (κ2) is 10.3. The number of halogens is 1. The quantitative estimate of drug-likeness (QED) is 0.616. The van der Waals surface area contributed by atoms with Crippen LogP contribution in [0.1, 0.15) is 48.0 Å². The molecule has 3 aliphatic heterocycles. The molecule has 0 aromatic heterocycles. The van der Waals surface area contributed by atoms with Gasteiger partial charge in [-0.15, -0.1) is 0 Å². The Morgan fingerprint density at radius 3 is 2.06 bits per heavy atom. The smallest absolute Gasteiger partial charge is 0.253 e. The van der Waals surface area contributed by atoms with Gasteiger partial charge < -0.3 is 4.90 Å². The average Bonchev–Trinajstić information content (AvgIpc) is 3.18. The molecule has 0 N–H and O–H groups in total. The largest absolute Gasteiger partial charge is 0.339 e. The molecule has 0 radical (unpaired) electrons. The van der Waals surface area contributed by atoms with Gasteiger partial charge in [-0.25, -0.2) is 4.39 Å². The first-order chi connectivity index (χ1) is 17.0. The van der Waals surface area contributed by atoms with Crippen molar-refractivity contribution < 1.29 is 18.8 Å². The van der Waals surface area contributed by atoms with Gasteiger partial charge in [-0.05, 0) is 80.4 Å². The highest BCUT2D eigenvalue weighted by atomic mass is 19.1. The highest BCUT2D eigenvalue weighted by Gasteiger charge is 2.43. The molecule has 184 valence electrons. The number of hydrogen-bond donors (Lipinski definition) is 0. The Balaban J connectivity index is 1.10. The second-order valence-electron chi connectivity index (χ2n) is 10.0. The molecule has 3 saturated heterocycles. The summed E-state index contributed by atoms with van der Waals surface area (Å²) in [6.45, 7) is 3.47. The fourth-order valence-corrected chi connectivity index (χ4v) is 5.93.